The largest absolute Gasteiger partial charge is 0.198 e. The molecule has 0 N–H and O–H groups in total. The summed E-state index contributed by atoms with van der Waals surface area (Å²) in [7, 11) is 0. The zero-order valence-electron chi connectivity index (χ0n) is 10.9. The summed E-state index contributed by atoms with van der Waals surface area (Å²) in [5.41, 5.74) is 2.11. The van der Waals surface area contributed by atoms with Crippen molar-refractivity contribution in [2.75, 3.05) is 0 Å². The fourth-order valence-electron chi connectivity index (χ4n) is 2.85. The van der Waals surface area contributed by atoms with Crippen LogP contribution in [0, 0.1) is 22.7 Å². The second kappa shape index (κ2) is 5.03. The molecule has 0 saturated heterocycles. The molecule has 0 radical (unpaired) electrons. The maximum Gasteiger partial charge on any atom is 0.0670 e. The Morgan fingerprint density at radius 1 is 0.600 bits per heavy atom. The molecule has 3 aromatic carbocycles. The SMILES string of the molecule is N#CCc1c2ccccc2c(CC#N)c2ccccc12. The average molecular weight is 256 g/mol. The second-order valence-electron chi connectivity index (χ2n) is 4.72. The molecule has 0 saturated carbocycles. The summed E-state index contributed by atoms with van der Waals surface area (Å²) in [5, 5.41) is 22.5. The van der Waals surface area contributed by atoms with E-state index in [9.17, 15) is 0 Å². The summed E-state index contributed by atoms with van der Waals surface area (Å²) in [4.78, 5) is 0. The fourth-order valence-corrected chi connectivity index (χ4v) is 2.85. The lowest BCUT2D eigenvalue weighted by molar-refractivity contribution is 1.28. The lowest BCUT2D eigenvalue weighted by Gasteiger charge is -2.13. The van der Waals surface area contributed by atoms with Crippen molar-refractivity contribution in [3.8, 4) is 12.1 Å². The summed E-state index contributed by atoms with van der Waals surface area (Å²) >= 11 is 0. The summed E-state index contributed by atoms with van der Waals surface area (Å²) < 4.78 is 0. The van der Waals surface area contributed by atoms with Crippen molar-refractivity contribution in [2.24, 2.45) is 0 Å². The van der Waals surface area contributed by atoms with E-state index in [0.29, 0.717) is 12.8 Å². The molecule has 2 heteroatoms. The van der Waals surface area contributed by atoms with E-state index in [1.165, 1.54) is 0 Å². The van der Waals surface area contributed by atoms with Gasteiger partial charge in [0.05, 0.1) is 25.0 Å². The summed E-state index contributed by atoms with van der Waals surface area (Å²) in [5.74, 6) is 0. The van der Waals surface area contributed by atoms with E-state index in [0.717, 1.165) is 32.7 Å². The van der Waals surface area contributed by atoms with Crippen LogP contribution in [0.5, 0.6) is 0 Å². The minimum absolute atomic E-state index is 0.383. The van der Waals surface area contributed by atoms with Gasteiger partial charge in [0.15, 0.2) is 0 Å². The van der Waals surface area contributed by atoms with Crippen LogP contribution in [0.1, 0.15) is 11.1 Å². The van der Waals surface area contributed by atoms with E-state index in [4.69, 9.17) is 10.5 Å². The summed E-state index contributed by atoms with van der Waals surface area (Å²) in [6, 6.07) is 20.6. The Kier molecular flexibility index (Phi) is 3.07. The van der Waals surface area contributed by atoms with Crippen molar-refractivity contribution in [3.63, 3.8) is 0 Å². The van der Waals surface area contributed by atoms with Gasteiger partial charge in [0.2, 0.25) is 0 Å². The smallest absolute Gasteiger partial charge is 0.0670 e. The van der Waals surface area contributed by atoms with Crippen LogP contribution in [0.2, 0.25) is 0 Å². The molecular weight excluding hydrogens is 244 g/mol. The molecule has 0 aliphatic heterocycles. The third kappa shape index (κ3) is 1.79. The molecule has 0 bridgehead atoms. The van der Waals surface area contributed by atoms with Gasteiger partial charge in [0, 0.05) is 0 Å². The Labute approximate surface area is 117 Å². The van der Waals surface area contributed by atoms with Crippen molar-refractivity contribution < 1.29 is 0 Å². The number of fused-ring (bicyclic) bond motifs is 2. The minimum atomic E-state index is 0.383. The normalized spacial score (nSPS) is 10.3. The number of rotatable bonds is 2. The minimum Gasteiger partial charge on any atom is -0.198 e. The Morgan fingerprint density at radius 3 is 1.15 bits per heavy atom. The monoisotopic (exact) mass is 256 g/mol. The van der Waals surface area contributed by atoms with E-state index in [1.54, 1.807) is 0 Å². The zero-order chi connectivity index (χ0) is 13.9. The highest BCUT2D eigenvalue weighted by Crippen LogP contribution is 2.33. The van der Waals surface area contributed by atoms with Gasteiger partial charge in [-0.2, -0.15) is 10.5 Å². The number of hydrogen-bond acceptors (Lipinski definition) is 2. The van der Waals surface area contributed by atoms with Gasteiger partial charge in [-0.3, -0.25) is 0 Å². The molecule has 0 fully saturated rings. The number of nitrogens with zero attached hydrogens (tertiary/aromatic N) is 2. The number of benzene rings is 3. The highest BCUT2D eigenvalue weighted by atomic mass is 14.3. The maximum atomic E-state index is 9.11. The number of hydrogen-bond donors (Lipinski definition) is 0. The first-order valence-electron chi connectivity index (χ1n) is 6.52. The summed E-state index contributed by atoms with van der Waals surface area (Å²) in [6.07, 6.45) is 0.766. The number of nitriles is 2. The Morgan fingerprint density at radius 2 is 0.900 bits per heavy atom. The molecule has 0 aliphatic rings. The molecule has 0 unspecified atom stereocenters. The Balaban J connectivity index is 2.56. The van der Waals surface area contributed by atoms with Crippen LogP contribution in [0.15, 0.2) is 48.5 Å². The first kappa shape index (κ1) is 12.2. The molecular formula is C18H12N2. The van der Waals surface area contributed by atoms with Gasteiger partial charge < -0.3 is 0 Å². The fraction of sp³-hybridized carbons (Fsp3) is 0.111. The molecule has 0 amide bonds. The topological polar surface area (TPSA) is 47.6 Å². The van der Waals surface area contributed by atoms with Crippen molar-refractivity contribution in [2.45, 2.75) is 12.8 Å². The van der Waals surface area contributed by atoms with E-state index >= 15 is 0 Å². The van der Waals surface area contributed by atoms with Crippen LogP contribution >= 0.6 is 0 Å². The predicted molar refractivity (Wildman–Crippen MR) is 80.1 cm³/mol. The molecule has 20 heavy (non-hydrogen) atoms. The van der Waals surface area contributed by atoms with Gasteiger partial charge in [-0.05, 0) is 32.7 Å². The predicted octanol–water partition coefficient (Wildman–Crippen LogP) is 4.13. The van der Waals surface area contributed by atoms with Gasteiger partial charge in [0.1, 0.15) is 0 Å². The van der Waals surface area contributed by atoms with Crippen molar-refractivity contribution >= 4 is 21.5 Å². The van der Waals surface area contributed by atoms with Gasteiger partial charge in [0.25, 0.3) is 0 Å². The molecule has 0 heterocycles. The van der Waals surface area contributed by atoms with Gasteiger partial charge in [-0.1, -0.05) is 48.5 Å². The van der Waals surface area contributed by atoms with Crippen LogP contribution in [0.4, 0.5) is 0 Å². The van der Waals surface area contributed by atoms with Gasteiger partial charge in [-0.15, -0.1) is 0 Å². The van der Waals surface area contributed by atoms with Crippen LogP contribution < -0.4 is 0 Å². The molecule has 3 rings (SSSR count). The van der Waals surface area contributed by atoms with Crippen LogP contribution in [-0.4, -0.2) is 0 Å². The lowest BCUT2D eigenvalue weighted by Crippen LogP contribution is -1.94. The molecule has 0 spiro atoms. The Hall–Kier alpha value is -2.84. The van der Waals surface area contributed by atoms with Crippen LogP contribution in [0.3, 0.4) is 0 Å². The van der Waals surface area contributed by atoms with Gasteiger partial charge >= 0.3 is 0 Å². The maximum absolute atomic E-state index is 9.11. The average Bonchev–Trinajstić information content (AvgIpc) is 2.50. The third-order valence-electron chi connectivity index (χ3n) is 3.67. The molecule has 0 atom stereocenters. The van der Waals surface area contributed by atoms with E-state index in [-0.39, 0.29) is 0 Å². The third-order valence-corrected chi connectivity index (χ3v) is 3.67. The quantitative estimate of drug-likeness (QED) is 0.647. The summed E-state index contributed by atoms with van der Waals surface area (Å²) in [6.45, 7) is 0. The van der Waals surface area contributed by atoms with Crippen molar-refractivity contribution in [3.05, 3.63) is 59.7 Å². The molecule has 2 nitrogen and oxygen atoms in total. The lowest BCUT2D eigenvalue weighted by atomic mass is 9.89. The standard InChI is InChI=1S/C18H12N2/c19-11-9-17-13-5-1-2-6-14(13)18(10-12-20)16-8-4-3-7-15(16)17/h1-8H,9-10H2. The first-order valence-corrected chi connectivity index (χ1v) is 6.52. The molecule has 3 aromatic rings. The first-order chi connectivity index (χ1) is 9.86. The van der Waals surface area contributed by atoms with Gasteiger partial charge in [-0.25, -0.2) is 0 Å². The Bertz CT molecular complexity index is 748. The molecule has 94 valence electrons. The van der Waals surface area contributed by atoms with Crippen molar-refractivity contribution in [1.82, 2.24) is 0 Å². The molecule has 0 aliphatic carbocycles. The van der Waals surface area contributed by atoms with Crippen LogP contribution in [0.25, 0.3) is 21.5 Å². The highest BCUT2D eigenvalue weighted by molar-refractivity contribution is 6.06. The molecule has 0 aromatic heterocycles. The van der Waals surface area contributed by atoms with E-state index < -0.39 is 0 Å². The van der Waals surface area contributed by atoms with Crippen LogP contribution in [-0.2, 0) is 12.8 Å². The zero-order valence-corrected chi connectivity index (χ0v) is 10.9. The van der Waals surface area contributed by atoms with Crippen molar-refractivity contribution in [1.29, 1.82) is 10.5 Å². The van der Waals surface area contributed by atoms with E-state index in [1.807, 2.05) is 48.5 Å². The highest BCUT2D eigenvalue weighted by Gasteiger charge is 2.12. The second-order valence-corrected chi connectivity index (χ2v) is 4.72. The van der Waals surface area contributed by atoms with E-state index in [2.05, 4.69) is 12.1 Å².